The maximum atomic E-state index is 6.85. The van der Waals surface area contributed by atoms with Crippen LogP contribution in [-0.4, -0.2) is 36.4 Å². The van der Waals surface area contributed by atoms with Crippen LogP contribution in [0.4, 0.5) is 0 Å². The van der Waals surface area contributed by atoms with E-state index in [1.54, 1.807) is 0 Å². The molecule has 0 aromatic heterocycles. The van der Waals surface area contributed by atoms with Gasteiger partial charge in [0.05, 0.1) is 0 Å². The average Bonchev–Trinajstić information content (AvgIpc) is 2.54. The first-order chi connectivity index (χ1) is 13.7. The van der Waals surface area contributed by atoms with Crippen molar-refractivity contribution >= 4 is 44.7 Å². The zero-order valence-corrected chi connectivity index (χ0v) is 22.8. The van der Waals surface area contributed by atoms with Crippen molar-refractivity contribution in [3.63, 3.8) is 0 Å². The van der Waals surface area contributed by atoms with Crippen LogP contribution in [0.2, 0.25) is 0 Å². The molecule has 0 N–H and O–H groups in total. The van der Waals surface area contributed by atoms with E-state index in [1.165, 1.54) is 16.2 Å². The summed E-state index contributed by atoms with van der Waals surface area (Å²) in [6.07, 6.45) is 0. The van der Waals surface area contributed by atoms with Crippen molar-refractivity contribution in [2.45, 2.75) is 79.1 Å². The molecular formula is C26H36O3Sn. The van der Waals surface area contributed by atoms with Crippen molar-refractivity contribution in [2.75, 3.05) is 0 Å². The van der Waals surface area contributed by atoms with Gasteiger partial charge in [-0.3, -0.25) is 0 Å². The third kappa shape index (κ3) is 5.76. The number of fused-ring (bicyclic) bond motifs is 2. The number of rotatable bonds is 4. The van der Waals surface area contributed by atoms with E-state index in [4.69, 9.17) is 9.22 Å². The Labute approximate surface area is 187 Å². The molecule has 3 nitrogen and oxygen atoms in total. The standard InChI is InChI=1S/C14H9.3C4H9O.Sn/c1-2-6-12-10-14-8-4-3-7-13(14)9-11(12)5-1;3*1-4(2,3)5;/h1-7,9-10H;3*1-3H3;/q;3*-1;+3. The molecule has 0 aliphatic heterocycles. The molecule has 30 heavy (non-hydrogen) atoms. The van der Waals surface area contributed by atoms with Crippen LogP contribution in [0.5, 0.6) is 0 Å². The molecule has 0 aliphatic carbocycles. The van der Waals surface area contributed by atoms with Crippen molar-refractivity contribution in [3.8, 4) is 0 Å². The van der Waals surface area contributed by atoms with E-state index in [0.717, 1.165) is 8.97 Å². The maximum absolute atomic E-state index is 6.85. The molecule has 0 unspecified atom stereocenters. The van der Waals surface area contributed by atoms with Crippen LogP contribution >= 0.6 is 0 Å². The second kappa shape index (κ2) is 8.08. The van der Waals surface area contributed by atoms with E-state index in [2.05, 4.69) is 117 Å². The third-order valence-electron chi connectivity index (χ3n) is 4.40. The molecule has 0 radical (unpaired) electrons. The molecule has 0 saturated heterocycles. The molecule has 0 heterocycles. The second-order valence-corrected chi connectivity index (χ2v) is 17.4. The summed E-state index contributed by atoms with van der Waals surface area (Å²) in [5, 5.41) is 4.78. The molecule has 0 fully saturated rings. The summed E-state index contributed by atoms with van der Waals surface area (Å²) < 4.78 is 21.6. The van der Waals surface area contributed by atoms with Gasteiger partial charge in [0, 0.05) is 0 Å². The molecule has 3 aromatic rings. The average molecular weight is 515 g/mol. The first kappa shape index (κ1) is 23.5. The summed E-state index contributed by atoms with van der Waals surface area (Å²) in [6.45, 7) is 18.7. The Balaban J connectivity index is 2.36. The van der Waals surface area contributed by atoms with Gasteiger partial charge < -0.3 is 0 Å². The summed E-state index contributed by atoms with van der Waals surface area (Å²) in [7, 11) is 0. The molecule has 3 rings (SSSR count). The molecule has 0 saturated carbocycles. The van der Waals surface area contributed by atoms with Crippen LogP contribution in [0.3, 0.4) is 0 Å². The molecule has 0 atom stereocenters. The van der Waals surface area contributed by atoms with Crippen molar-refractivity contribution in [3.05, 3.63) is 54.6 Å². The molecule has 0 spiro atoms. The molecule has 3 aromatic carbocycles. The van der Waals surface area contributed by atoms with Crippen LogP contribution in [-0.2, 0) is 9.22 Å². The summed E-state index contributed by atoms with van der Waals surface area (Å²) in [5.41, 5.74) is -1.19. The predicted molar refractivity (Wildman–Crippen MR) is 129 cm³/mol. The zero-order chi connectivity index (χ0) is 22.4. The van der Waals surface area contributed by atoms with Gasteiger partial charge in [0.25, 0.3) is 0 Å². The summed E-state index contributed by atoms with van der Waals surface area (Å²) in [5.74, 6) is 0. The molecule has 4 heteroatoms. The number of hydrogen-bond acceptors (Lipinski definition) is 3. The number of hydrogen-bond donors (Lipinski definition) is 0. The van der Waals surface area contributed by atoms with Crippen LogP contribution < -0.4 is 3.58 Å². The van der Waals surface area contributed by atoms with Gasteiger partial charge in [0.1, 0.15) is 0 Å². The van der Waals surface area contributed by atoms with Gasteiger partial charge in [-0.15, -0.1) is 0 Å². The SMILES string of the molecule is CC(C)(C)[O][Sn]([O]C(C)(C)C)([O]C(C)(C)C)[c]1cccc2cc3ccccc3cc12. The second-order valence-electron chi connectivity index (χ2n) is 10.9. The molecule has 162 valence electrons. The first-order valence-electron chi connectivity index (χ1n) is 10.7. The van der Waals surface area contributed by atoms with Crippen molar-refractivity contribution < 1.29 is 9.22 Å². The Kier molecular flexibility index (Phi) is 6.34. The van der Waals surface area contributed by atoms with Gasteiger partial charge in [-0.25, -0.2) is 0 Å². The Bertz CT molecular complexity index is 995. The monoisotopic (exact) mass is 516 g/mol. The Morgan fingerprint density at radius 2 is 0.967 bits per heavy atom. The predicted octanol–water partition coefficient (Wildman–Crippen LogP) is 6.58. The quantitative estimate of drug-likeness (QED) is 0.290. The fourth-order valence-electron chi connectivity index (χ4n) is 3.67. The minimum absolute atomic E-state index is 0.397. The van der Waals surface area contributed by atoms with Gasteiger partial charge in [0.15, 0.2) is 0 Å². The summed E-state index contributed by atoms with van der Waals surface area (Å²) >= 11 is -4.34. The van der Waals surface area contributed by atoms with Gasteiger partial charge >= 0.3 is 188 Å². The van der Waals surface area contributed by atoms with Gasteiger partial charge in [0.2, 0.25) is 0 Å². The summed E-state index contributed by atoms with van der Waals surface area (Å²) in [6, 6.07) is 19.4. The Hall–Kier alpha value is -1.14. The van der Waals surface area contributed by atoms with Crippen LogP contribution in [0.25, 0.3) is 21.5 Å². The van der Waals surface area contributed by atoms with Crippen molar-refractivity contribution in [2.24, 2.45) is 0 Å². The minimum atomic E-state index is -4.34. The van der Waals surface area contributed by atoms with Crippen molar-refractivity contribution in [1.82, 2.24) is 0 Å². The van der Waals surface area contributed by atoms with Crippen molar-refractivity contribution in [1.29, 1.82) is 0 Å². The van der Waals surface area contributed by atoms with E-state index in [-0.39, 0.29) is 0 Å². The van der Waals surface area contributed by atoms with Gasteiger partial charge in [-0.05, 0) is 0 Å². The normalized spacial score (nSPS) is 13.9. The summed E-state index contributed by atoms with van der Waals surface area (Å²) in [4.78, 5) is 0. The molecular weight excluding hydrogens is 479 g/mol. The fourth-order valence-corrected chi connectivity index (χ4v) is 14.3. The fraction of sp³-hybridized carbons (Fsp3) is 0.462. The van der Waals surface area contributed by atoms with E-state index in [1.807, 2.05) is 0 Å². The Morgan fingerprint density at radius 3 is 1.43 bits per heavy atom. The van der Waals surface area contributed by atoms with Crippen LogP contribution in [0.15, 0.2) is 54.6 Å². The van der Waals surface area contributed by atoms with Crippen LogP contribution in [0.1, 0.15) is 62.3 Å². The molecule has 0 amide bonds. The third-order valence-corrected chi connectivity index (χ3v) is 15.1. The van der Waals surface area contributed by atoms with E-state index in [0.29, 0.717) is 0 Å². The first-order valence-corrected chi connectivity index (χ1v) is 15.6. The van der Waals surface area contributed by atoms with E-state index in [9.17, 15) is 0 Å². The molecule has 0 bridgehead atoms. The topological polar surface area (TPSA) is 27.7 Å². The van der Waals surface area contributed by atoms with Gasteiger partial charge in [-0.2, -0.15) is 0 Å². The van der Waals surface area contributed by atoms with E-state index >= 15 is 0 Å². The van der Waals surface area contributed by atoms with Gasteiger partial charge in [-0.1, -0.05) is 0 Å². The number of benzene rings is 3. The van der Waals surface area contributed by atoms with Crippen LogP contribution in [0, 0.1) is 0 Å². The zero-order valence-electron chi connectivity index (χ0n) is 19.9. The van der Waals surface area contributed by atoms with E-state index < -0.39 is 36.4 Å². The Morgan fingerprint density at radius 1 is 0.533 bits per heavy atom. The molecule has 0 aliphatic rings.